The third-order valence-corrected chi connectivity index (χ3v) is 4.28. The second-order valence-corrected chi connectivity index (χ2v) is 5.58. The van der Waals surface area contributed by atoms with Gasteiger partial charge in [-0.2, -0.15) is 0 Å². The smallest absolute Gasteiger partial charge is 0.261 e. The molecule has 2 aromatic rings. The Morgan fingerprint density at radius 1 is 1.42 bits per heavy atom. The highest BCUT2D eigenvalue weighted by molar-refractivity contribution is 7.14. The van der Waals surface area contributed by atoms with Crippen LogP contribution in [0.15, 0.2) is 34.9 Å². The zero-order valence-corrected chi connectivity index (χ0v) is 11.2. The summed E-state index contributed by atoms with van der Waals surface area (Å²) < 4.78 is 10.8. The van der Waals surface area contributed by atoms with Gasteiger partial charge in [0.1, 0.15) is 5.76 Å². The van der Waals surface area contributed by atoms with Gasteiger partial charge in [-0.3, -0.25) is 4.79 Å². The lowest BCUT2D eigenvalue weighted by atomic mass is 10.2. The molecular formula is C14H15NO3S. The van der Waals surface area contributed by atoms with Crippen molar-refractivity contribution in [3.05, 3.63) is 46.0 Å². The molecule has 2 aromatic heterocycles. The van der Waals surface area contributed by atoms with Gasteiger partial charge in [-0.15, -0.1) is 11.3 Å². The molecule has 5 heteroatoms. The summed E-state index contributed by atoms with van der Waals surface area (Å²) in [5.41, 5.74) is 0. The van der Waals surface area contributed by atoms with Crippen LogP contribution in [0, 0.1) is 0 Å². The van der Waals surface area contributed by atoms with Crippen molar-refractivity contribution in [3.63, 3.8) is 0 Å². The Labute approximate surface area is 115 Å². The summed E-state index contributed by atoms with van der Waals surface area (Å²) in [5, 5.41) is 2.84. The van der Waals surface area contributed by atoms with Gasteiger partial charge in [-0.1, -0.05) is 0 Å². The van der Waals surface area contributed by atoms with E-state index in [9.17, 15) is 4.79 Å². The molecule has 1 aliphatic rings. The molecule has 0 saturated carbocycles. The summed E-state index contributed by atoms with van der Waals surface area (Å²) in [6, 6.07) is 7.50. The van der Waals surface area contributed by atoms with Gasteiger partial charge in [0.2, 0.25) is 0 Å². The maximum absolute atomic E-state index is 12.0. The van der Waals surface area contributed by atoms with E-state index in [0.29, 0.717) is 6.54 Å². The molecule has 0 aliphatic carbocycles. The molecule has 0 bridgehead atoms. The van der Waals surface area contributed by atoms with Crippen LogP contribution < -0.4 is 5.32 Å². The molecule has 1 aliphatic heterocycles. The van der Waals surface area contributed by atoms with Gasteiger partial charge in [0.15, 0.2) is 0 Å². The van der Waals surface area contributed by atoms with Crippen LogP contribution in [0.25, 0.3) is 0 Å². The van der Waals surface area contributed by atoms with Gasteiger partial charge in [0.05, 0.1) is 23.8 Å². The maximum Gasteiger partial charge on any atom is 0.261 e. The number of rotatable bonds is 4. The standard InChI is InChI=1S/C14H15NO3S/c16-14(15-9-10-3-1-7-17-10)13-6-5-12(19-13)11-4-2-8-18-11/h1,3,5-7,11H,2,4,8-9H2,(H,15,16). The highest BCUT2D eigenvalue weighted by atomic mass is 32.1. The Balaban J connectivity index is 1.60. The van der Waals surface area contributed by atoms with Crippen LogP contribution in [0.1, 0.15) is 39.3 Å². The largest absolute Gasteiger partial charge is 0.467 e. The van der Waals surface area contributed by atoms with E-state index in [4.69, 9.17) is 9.15 Å². The number of carbonyl (C=O) groups is 1. The lowest BCUT2D eigenvalue weighted by Crippen LogP contribution is -2.21. The van der Waals surface area contributed by atoms with E-state index < -0.39 is 0 Å². The Morgan fingerprint density at radius 2 is 2.37 bits per heavy atom. The second kappa shape index (κ2) is 5.59. The lowest BCUT2D eigenvalue weighted by Gasteiger charge is -2.05. The molecule has 1 unspecified atom stereocenters. The first-order valence-electron chi connectivity index (χ1n) is 6.35. The molecule has 1 N–H and O–H groups in total. The van der Waals surface area contributed by atoms with Gasteiger partial charge in [0.25, 0.3) is 5.91 Å². The van der Waals surface area contributed by atoms with Crippen molar-refractivity contribution in [2.24, 2.45) is 0 Å². The zero-order valence-electron chi connectivity index (χ0n) is 10.4. The summed E-state index contributed by atoms with van der Waals surface area (Å²) in [5.74, 6) is 0.690. The highest BCUT2D eigenvalue weighted by Gasteiger charge is 2.20. The zero-order chi connectivity index (χ0) is 13.1. The van der Waals surface area contributed by atoms with Crippen molar-refractivity contribution in [2.45, 2.75) is 25.5 Å². The molecule has 0 radical (unpaired) electrons. The summed E-state index contributed by atoms with van der Waals surface area (Å²) in [6.45, 7) is 1.24. The fourth-order valence-electron chi connectivity index (χ4n) is 2.12. The molecule has 1 saturated heterocycles. The van der Waals surface area contributed by atoms with Gasteiger partial charge in [-0.05, 0) is 37.1 Å². The second-order valence-electron chi connectivity index (χ2n) is 4.47. The molecule has 100 valence electrons. The monoisotopic (exact) mass is 277 g/mol. The van der Waals surface area contributed by atoms with E-state index in [1.165, 1.54) is 11.3 Å². The molecule has 4 nitrogen and oxygen atoms in total. The molecule has 1 amide bonds. The predicted molar refractivity (Wildman–Crippen MR) is 72.1 cm³/mol. The molecule has 0 spiro atoms. The molecule has 3 rings (SSSR count). The SMILES string of the molecule is O=C(NCc1ccco1)c1ccc(C2CCCO2)s1. The van der Waals surface area contributed by atoms with Crippen LogP contribution in [-0.4, -0.2) is 12.5 Å². The first-order valence-corrected chi connectivity index (χ1v) is 7.16. The van der Waals surface area contributed by atoms with Crippen LogP contribution in [0.3, 0.4) is 0 Å². The van der Waals surface area contributed by atoms with Crippen molar-refractivity contribution in [3.8, 4) is 0 Å². The van der Waals surface area contributed by atoms with E-state index in [-0.39, 0.29) is 12.0 Å². The quantitative estimate of drug-likeness (QED) is 0.934. The molecule has 1 atom stereocenters. The number of amides is 1. The van der Waals surface area contributed by atoms with Crippen LogP contribution in [0.5, 0.6) is 0 Å². The number of ether oxygens (including phenoxy) is 1. The van der Waals surface area contributed by atoms with Crippen molar-refractivity contribution < 1.29 is 13.9 Å². The summed E-state index contributed by atoms with van der Waals surface area (Å²) in [7, 11) is 0. The van der Waals surface area contributed by atoms with E-state index in [2.05, 4.69) is 5.32 Å². The summed E-state index contributed by atoms with van der Waals surface area (Å²) in [4.78, 5) is 13.8. The number of hydrogen-bond donors (Lipinski definition) is 1. The van der Waals surface area contributed by atoms with Gasteiger partial charge >= 0.3 is 0 Å². The van der Waals surface area contributed by atoms with E-state index in [0.717, 1.165) is 35.0 Å². The fraction of sp³-hybridized carbons (Fsp3) is 0.357. The Bertz CT molecular complexity index is 541. The van der Waals surface area contributed by atoms with Gasteiger partial charge in [-0.25, -0.2) is 0 Å². The van der Waals surface area contributed by atoms with Gasteiger partial charge < -0.3 is 14.5 Å². The molecular weight excluding hydrogens is 262 g/mol. The van der Waals surface area contributed by atoms with Crippen molar-refractivity contribution >= 4 is 17.2 Å². The van der Waals surface area contributed by atoms with Crippen molar-refractivity contribution in [1.29, 1.82) is 0 Å². The molecule has 1 fully saturated rings. The Hall–Kier alpha value is -1.59. The third kappa shape index (κ3) is 2.88. The van der Waals surface area contributed by atoms with Gasteiger partial charge in [0, 0.05) is 11.5 Å². The number of carbonyl (C=O) groups excluding carboxylic acids is 1. The van der Waals surface area contributed by atoms with Crippen molar-refractivity contribution in [1.82, 2.24) is 5.32 Å². The van der Waals surface area contributed by atoms with Crippen LogP contribution in [0.2, 0.25) is 0 Å². The Kier molecular flexibility index (Phi) is 3.66. The fourth-order valence-corrected chi connectivity index (χ4v) is 3.13. The summed E-state index contributed by atoms with van der Waals surface area (Å²) in [6.07, 6.45) is 3.93. The average Bonchev–Trinajstić information content (AvgIpc) is 3.14. The predicted octanol–water partition coefficient (Wildman–Crippen LogP) is 3.12. The average molecular weight is 277 g/mol. The normalized spacial score (nSPS) is 18.6. The van der Waals surface area contributed by atoms with Crippen LogP contribution >= 0.6 is 11.3 Å². The lowest BCUT2D eigenvalue weighted by molar-refractivity contribution is 0.0952. The topological polar surface area (TPSA) is 51.5 Å². The highest BCUT2D eigenvalue weighted by Crippen LogP contribution is 2.33. The first kappa shape index (κ1) is 12.4. The minimum Gasteiger partial charge on any atom is -0.467 e. The maximum atomic E-state index is 12.0. The minimum absolute atomic E-state index is 0.0642. The summed E-state index contributed by atoms with van der Waals surface area (Å²) >= 11 is 1.51. The van der Waals surface area contributed by atoms with E-state index >= 15 is 0 Å². The van der Waals surface area contributed by atoms with Crippen molar-refractivity contribution in [2.75, 3.05) is 6.61 Å². The number of hydrogen-bond acceptors (Lipinski definition) is 4. The molecule has 19 heavy (non-hydrogen) atoms. The third-order valence-electron chi connectivity index (χ3n) is 3.10. The van der Waals surface area contributed by atoms with E-state index in [1.807, 2.05) is 24.3 Å². The minimum atomic E-state index is -0.0642. The first-order chi connectivity index (χ1) is 9.33. The Morgan fingerprint density at radius 3 is 3.11 bits per heavy atom. The molecule has 3 heterocycles. The van der Waals surface area contributed by atoms with E-state index in [1.54, 1.807) is 6.26 Å². The van der Waals surface area contributed by atoms with Crippen LogP contribution in [0.4, 0.5) is 0 Å². The number of nitrogens with one attached hydrogen (secondary N) is 1. The number of furan rings is 1. The number of thiophene rings is 1. The van der Waals surface area contributed by atoms with Crippen LogP contribution in [-0.2, 0) is 11.3 Å². The molecule has 0 aromatic carbocycles.